The molecule has 0 bridgehead atoms. The second-order valence-corrected chi connectivity index (χ2v) is 4.09. The Kier molecular flexibility index (Phi) is 2.56. The van der Waals surface area contributed by atoms with Gasteiger partial charge in [-0.25, -0.2) is 4.79 Å². The number of esters is 1. The van der Waals surface area contributed by atoms with Crippen LogP contribution < -0.4 is 10.1 Å². The lowest BCUT2D eigenvalue weighted by molar-refractivity contribution is 0.0600. The van der Waals surface area contributed by atoms with Crippen LogP contribution in [0.4, 0.5) is 5.69 Å². The number of halogens is 1. The summed E-state index contributed by atoms with van der Waals surface area (Å²) in [5, 5.41) is 3.10. The minimum atomic E-state index is -0.361. The normalized spacial score (nSPS) is 17.7. The van der Waals surface area contributed by atoms with Crippen LogP contribution in [0.2, 0.25) is 0 Å². The summed E-state index contributed by atoms with van der Waals surface area (Å²) in [7, 11) is 1.36. The summed E-state index contributed by atoms with van der Waals surface area (Å²) in [4.78, 5) is 11.3. The molecule has 0 aliphatic carbocycles. The topological polar surface area (TPSA) is 47.6 Å². The first-order valence-electron chi connectivity index (χ1n) is 4.47. The van der Waals surface area contributed by atoms with E-state index in [2.05, 4.69) is 26.0 Å². The van der Waals surface area contributed by atoms with E-state index in [4.69, 9.17) is 4.74 Å². The predicted octanol–water partition coefficient (Wildman–Crippen LogP) is 2.39. The lowest BCUT2D eigenvalue weighted by Gasteiger charge is -2.04. The second-order valence-electron chi connectivity index (χ2n) is 3.23. The summed E-state index contributed by atoms with van der Waals surface area (Å²) < 4.78 is 10.9. The summed E-state index contributed by atoms with van der Waals surface area (Å²) in [6, 6.07) is 3.40. The van der Waals surface area contributed by atoms with Gasteiger partial charge in [-0.05, 0) is 35.0 Å². The number of benzene rings is 1. The van der Waals surface area contributed by atoms with Crippen molar-refractivity contribution in [3.63, 3.8) is 0 Å². The van der Waals surface area contributed by atoms with Gasteiger partial charge in [0.25, 0.3) is 0 Å². The van der Waals surface area contributed by atoms with E-state index >= 15 is 0 Å². The van der Waals surface area contributed by atoms with E-state index in [1.54, 1.807) is 12.1 Å². The van der Waals surface area contributed by atoms with Crippen molar-refractivity contribution in [3.05, 3.63) is 22.2 Å². The Labute approximate surface area is 95.7 Å². The molecule has 80 valence electrons. The predicted molar refractivity (Wildman–Crippen MR) is 59.2 cm³/mol. The lowest BCUT2D eigenvalue weighted by atomic mass is 10.2. The fraction of sp³-hybridized carbons (Fsp3) is 0.300. The number of hydrogen-bond donors (Lipinski definition) is 1. The summed E-state index contributed by atoms with van der Waals surface area (Å²) >= 11 is 3.35. The molecule has 1 atom stereocenters. The van der Waals surface area contributed by atoms with Crippen molar-refractivity contribution < 1.29 is 14.3 Å². The summed E-state index contributed by atoms with van der Waals surface area (Å²) in [5.41, 5.74) is 1.30. The number of nitrogens with one attached hydrogen (secondary N) is 1. The number of methoxy groups -OCH3 is 1. The van der Waals surface area contributed by atoms with Crippen molar-refractivity contribution >= 4 is 27.6 Å². The Morgan fingerprint density at radius 3 is 3.00 bits per heavy atom. The molecule has 0 spiro atoms. The number of ether oxygens (including phenoxy) is 2. The Morgan fingerprint density at radius 2 is 2.33 bits per heavy atom. The van der Waals surface area contributed by atoms with Gasteiger partial charge in [-0.2, -0.15) is 0 Å². The van der Waals surface area contributed by atoms with E-state index in [0.29, 0.717) is 5.56 Å². The molecule has 15 heavy (non-hydrogen) atoms. The lowest BCUT2D eigenvalue weighted by Crippen LogP contribution is -2.14. The van der Waals surface area contributed by atoms with E-state index in [1.807, 2.05) is 6.92 Å². The standard InChI is InChI=1S/C10H10BrNO3/c1-5-12-8-4-6(10(13)14-2)3-7(11)9(8)15-5/h3-5,12H,1-2H3. The van der Waals surface area contributed by atoms with Crippen molar-refractivity contribution in [1.29, 1.82) is 0 Å². The van der Waals surface area contributed by atoms with Crippen LogP contribution in [0, 0.1) is 0 Å². The van der Waals surface area contributed by atoms with Gasteiger partial charge in [-0.15, -0.1) is 0 Å². The Morgan fingerprint density at radius 1 is 1.60 bits per heavy atom. The van der Waals surface area contributed by atoms with Crippen LogP contribution in [0.5, 0.6) is 5.75 Å². The molecule has 1 aromatic carbocycles. The summed E-state index contributed by atoms with van der Waals surface area (Å²) in [6.07, 6.45) is -0.0794. The molecule has 0 saturated heterocycles. The van der Waals surface area contributed by atoms with Crippen molar-refractivity contribution in [1.82, 2.24) is 0 Å². The molecule has 5 heteroatoms. The molecule has 1 unspecified atom stereocenters. The van der Waals surface area contributed by atoms with E-state index in [0.717, 1.165) is 15.9 Å². The Balaban J connectivity index is 2.44. The molecule has 1 N–H and O–H groups in total. The molecule has 1 aliphatic rings. The number of hydrogen-bond acceptors (Lipinski definition) is 4. The third-order valence-corrected chi connectivity index (χ3v) is 2.71. The number of carbonyl (C=O) groups excluding carboxylic acids is 1. The van der Waals surface area contributed by atoms with Gasteiger partial charge in [-0.1, -0.05) is 0 Å². The molecular weight excluding hydrogens is 262 g/mol. The average molecular weight is 272 g/mol. The van der Waals surface area contributed by atoms with E-state index in [-0.39, 0.29) is 12.2 Å². The van der Waals surface area contributed by atoms with Crippen LogP contribution in [0.15, 0.2) is 16.6 Å². The highest BCUT2D eigenvalue weighted by Crippen LogP contribution is 2.39. The van der Waals surface area contributed by atoms with Gasteiger partial charge in [0.1, 0.15) is 0 Å². The molecule has 0 fully saturated rings. The van der Waals surface area contributed by atoms with Crippen molar-refractivity contribution in [2.24, 2.45) is 0 Å². The first-order chi connectivity index (χ1) is 7.11. The molecule has 2 rings (SSSR count). The monoisotopic (exact) mass is 271 g/mol. The number of fused-ring (bicyclic) bond motifs is 1. The SMILES string of the molecule is COC(=O)c1cc(Br)c2c(c1)NC(C)O2. The number of anilines is 1. The zero-order chi connectivity index (χ0) is 11.0. The van der Waals surface area contributed by atoms with E-state index in [1.165, 1.54) is 7.11 Å². The van der Waals surface area contributed by atoms with Gasteiger partial charge < -0.3 is 14.8 Å². The molecule has 0 aromatic heterocycles. The molecular formula is C10H10BrNO3. The van der Waals surface area contributed by atoms with Gasteiger partial charge in [0.15, 0.2) is 12.0 Å². The van der Waals surface area contributed by atoms with Crippen molar-refractivity contribution in [2.45, 2.75) is 13.2 Å². The Hall–Kier alpha value is -1.23. The van der Waals surface area contributed by atoms with Crippen LogP contribution >= 0.6 is 15.9 Å². The third kappa shape index (κ3) is 1.79. The van der Waals surface area contributed by atoms with Crippen LogP contribution in [-0.4, -0.2) is 19.3 Å². The van der Waals surface area contributed by atoms with Gasteiger partial charge in [0.2, 0.25) is 0 Å². The average Bonchev–Trinajstić information content (AvgIpc) is 2.58. The van der Waals surface area contributed by atoms with Crippen LogP contribution in [-0.2, 0) is 4.74 Å². The largest absolute Gasteiger partial charge is 0.468 e. The quantitative estimate of drug-likeness (QED) is 0.797. The highest BCUT2D eigenvalue weighted by Gasteiger charge is 2.22. The van der Waals surface area contributed by atoms with E-state index in [9.17, 15) is 4.79 Å². The highest BCUT2D eigenvalue weighted by atomic mass is 79.9. The Bertz CT molecular complexity index is 419. The minimum Gasteiger partial charge on any atom is -0.468 e. The third-order valence-electron chi connectivity index (χ3n) is 2.12. The van der Waals surface area contributed by atoms with Gasteiger partial charge in [0.05, 0.1) is 22.8 Å². The van der Waals surface area contributed by atoms with Crippen LogP contribution in [0.1, 0.15) is 17.3 Å². The highest BCUT2D eigenvalue weighted by molar-refractivity contribution is 9.10. The summed E-state index contributed by atoms with van der Waals surface area (Å²) in [6.45, 7) is 1.89. The number of rotatable bonds is 1. The molecule has 1 aliphatic heterocycles. The first-order valence-corrected chi connectivity index (χ1v) is 5.26. The fourth-order valence-electron chi connectivity index (χ4n) is 1.48. The maximum absolute atomic E-state index is 11.3. The smallest absolute Gasteiger partial charge is 0.337 e. The molecule has 0 amide bonds. The molecule has 0 radical (unpaired) electrons. The first kappa shape index (κ1) is 10.3. The number of carbonyl (C=O) groups is 1. The fourth-order valence-corrected chi connectivity index (χ4v) is 2.04. The maximum Gasteiger partial charge on any atom is 0.337 e. The van der Waals surface area contributed by atoms with Crippen molar-refractivity contribution in [3.8, 4) is 5.75 Å². The zero-order valence-electron chi connectivity index (χ0n) is 8.33. The molecule has 1 aromatic rings. The molecule has 0 saturated carbocycles. The van der Waals surface area contributed by atoms with Crippen molar-refractivity contribution in [2.75, 3.05) is 12.4 Å². The van der Waals surface area contributed by atoms with Gasteiger partial charge >= 0.3 is 5.97 Å². The minimum absolute atomic E-state index is 0.0794. The zero-order valence-corrected chi connectivity index (χ0v) is 9.92. The molecule has 1 heterocycles. The van der Waals surface area contributed by atoms with Gasteiger partial charge in [-0.3, -0.25) is 0 Å². The maximum atomic E-state index is 11.3. The summed E-state index contributed by atoms with van der Waals surface area (Å²) in [5.74, 6) is 0.370. The van der Waals surface area contributed by atoms with E-state index < -0.39 is 0 Å². The van der Waals surface area contributed by atoms with Gasteiger partial charge in [0, 0.05) is 0 Å². The second kappa shape index (κ2) is 3.73. The van der Waals surface area contributed by atoms with Crippen LogP contribution in [0.25, 0.3) is 0 Å². The molecule has 4 nitrogen and oxygen atoms in total. The van der Waals surface area contributed by atoms with Crippen LogP contribution in [0.3, 0.4) is 0 Å².